The van der Waals surface area contributed by atoms with Gasteiger partial charge in [-0.2, -0.15) is 0 Å². The minimum Gasteiger partial charge on any atom is -0.326 e. The first kappa shape index (κ1) is 22.9. The molecule has 34 heavy (non-hydrogen) atoms. The molecule has 0 fully saturated rings. The maximum absolute atomic E-state index is 4.57. The fourth-order valence-electron chi connectivity index (χ4n) is 3.93. The van der Waals surface area contributed by atoms with Crippen molar-refractivity contribution in [2.24, 2.45) is 4.99 Å². The highest BCUT2D eigenvalue weighted by Gasteiger charge is 2.08. The van der Waals surface area contributed by atoms with E-state index in [4.69, 9.17) is 0 Å². The zero-order chi connectivity index (χ0) is 23.9. The molecule has 5 heteroatoms. The van der Waals surface area contributed by atoms with Gasteiger partial charge < -0.3 is 10.3 Å². The fraction of sp³-hybridized carbons (Fsp3) is 0.138. The average molecular weight is 448 g/mol. The molecular formula is C29H29N5. The van der Waals surface area contributed by atoms with E-state index < -0.39 is 0 Å². The largest absolute Gasteiger partial charge is 0.326 e. The number of hydrogen-bond donors (Lipinski definition) is 2. The lowest BCUT2D eigenvalue weighted by molar-refractivity contribution is 0.967. The molecule has 0 amide bonds. The van der Waals surface area contributed by atoms with Gasteiger partial charge >= 0.3 is 0 Å². The number of nitrogens with zero attached hydrogens (tertiary/aromatic N) is 3. The summed E-state index contributed by atoms with van der Waals surface area (Å²) in [6.45, 7) is 10.5. The number of pyridine rings is 1. The SMILES string of the molecule is C=C(/C=C(C)\C(=N/C)c1cccnc1)CCc1cccc(C(=C)Nc2nc3ccccc3[nH]2)c1. The van der Waals surface area contributed by atoms with Gasteiger partial charge in [0.15, 0.2) is 0 Å². The molecule has 0 spiro atoms. The summed E-state index contributed by atoms with van der Waals surface area (Å²) in [5.74, 6) is 0.688. The van der Waals surface area contributed by atoms with E-state index in [1.165, 1.54) is 5.56 Å². The number of rotatable bonds is 9. The number of aromatic nitrogens is 3. The number of benzene rings is 2. The summed E-state index contributed by atoms with van der Waals surface area (Å²) in [6.07, 6.45) is 7.46. The highest BCUT2D eigenvalue weighted by atomic mass is 15.1. The molecular weight excluding hydrogens is 418 g/mol. The van der Waals surface area contributed by atoms with Crippen LogP contribution in [-0.4, -0.2) is 27.7 Å². The van der Waals surface area contributed by atoms with Crippen molar-refractivity contribution >= 4 is 28.4 Å². The van der Waals surface area contributed by atoms with Gasteiger partial charge in [0.05, 0.1) is 16.7 Å². The average Bonchev–Trinajstić information content (AvgIpc) is 3.26. The molecule has 0 saturated heterocycles. The van der Waals surface area contributed by atoms with Crippen LogP contribution in [-0.2, 0) is 6.42 Å². The zero-order valence-electron chi connectivity index (χ0n) is 19.7. The van der Waals surface area contributed by atoms with Crippen LogP contribution in [0.3, 0.4) is 0 Å². The van der Waals surface area contributed by atoms with E-state index in [2.05, 4.69) is 75.7 Å². The number of imidazole rings is 1. The Balaban J connectivity index is 1.38. The van der Waals surface area contributed by atoms with Crippen LogP contribution in [0.15, 0.2) is 108 Å². The lowest BCUT2D eigenvalue weighted by atomic mass is 9.99. The summed E-state index contributed by atoms with van der Waals surface area (Å²) in [6, 6.07) is 20.3. The molecule has 0 radical (unpaired) electrons. The summed E-state index contributed by atoms with van der Waals surface area (Å²) in [5.41, 5.74) is 9.07. The summed E-state index contributed by atoms with van der Waals surface area (Å²) in [7, 11) is 1.81. The van der Waals surface area contributed by atoms with Crippen LogP contribution in [0.2, 0.25) is 0 Å². The summed E-state index contributed by atoms with van der Waals surface area (Å²) < 4.78 is 0. The van der Waals surface area contributed by atoms with Gasteiger partial charge in [-0.25, -0.2) is 4.98 Å². The van der Waals surface area contributed by atoms with E-state index in [1.54, 1.807) is 13.2 Å². The molecule has 2 aromatic carbocycles. The molecule has 2 aromatic heterocycles. The number of fused-ring (bicyclic) bond motifs is 1. The maximum Gasteiger partial charge on any atom is 0.205 e. The number of nitrogens with one attached hydrogen (secondary N) is 2. The van der Waals surface area contributed by atoms with Crippen molar-refractivity contribution in [2.75, 3.05) is 12.4 Å². The highest BCUT2D eigenvalue weighted by Crippen LogP contribution is 2.21. The monoisotopic (exact) mass is 447 g/mol. The number of anilines is 1. The van der Waals surface area contributed by atoms with Gasteiger partial charge in [-0.3, -0.25) is 9.98 Å². The molecule has 0 aliphatic heterocycles. The van der Waals surface area contributed by atoms with Crippen LogP contribution in [0.4, 0.5) is 5.95 Å². The third-order valence-corrected chi connectivity index (χ3v) is 5.62. The second-order valence-corrected chi connectivity index (χ2v) is 8.21. The Labute approximate surface area is 200 Å². The molecule has 4 rings (SSSR count). The van der Waals surface area contributed by atoms with Gasteiger partial charge in [0.1, 0.15) is 0 Å². The van der Waals surface area contributed by atoms with Gasteiger partial charge in [-0.1, -0.05) is 55.1 Å². The summed E-state index contributed by atoms with van der Waals surface area (Å²) >= 11 is 0. The molecule has 0 saturated carbocycles. The Bertz CT molecular complexity index is 1340. The smallest absolute Gasteiger partial charge is 0.205 e. The van der Waals surface area contributed by atoms with Crippen molar-refractivity contribution in [2.45, 2.75) is 19.8 Å². The Kier molecular flexibility index (Phi) is 7.13. The number of allylic oxidation sites excluding steroid dienone is 3. The van der Waals surface area contributed by atoms with E-state index in [-0.39, 0.29) is 0 Å². The number of hydrogen-bond acceptors (Lipinski definition) is 4. The first-order valence-corrected chi connectivity index (χ1v) is 11.3. The normalized spacial score (nSPS) is 12.1. The van der Waals surface area contributed by atoms with Crippen molar-refractivity contribution < 1.29 is 0 Å². The molecule has 170 valence electrons. The molecule has 5 nitrogen and oxygen atoms in total. The van der Waals surface area contributed by atoms with Crippen LogP contribution in [0, 0.1) is 0 Å². The fourth-order valence-corrected chi connectivity index (χ4v) is 3.93. The first-order valence-electron chi connectivity index (χ1n) is 11.3. The van der Waals surface area contributed by atoms with Gasteiger partial charge in [-0.05, 0) is 66.8 Å². The Morgan fingerprint density at radius 3 is 2.65 bits per heavy atom. The third-order valence-electron chi connectivity index (χ3n) is 5.62. The molecule has 0 aliphatic rings. The van der Waals surface area contributed by atoms with E-state index in [9.17, 15) is 0 Å². The number of para-hydroxylation sites is 2. The van der Waals surface area contributed by atoms with Crippen molar-refractivity contribution in [3.63, 3.8) is 0 Å². The number of H-pyrrole nitrogens is 1. The maximum atomic E-state index is 4.57. The van der Waals surface area contributed by atoms with E-state index >= 15 is 0 Å². The van der Waals surface area contributed by atoms with Crippen LogP contribution in [0.25, 0.3) is 16.7 Å². The molecule has 4 aromatic rings. The van der Waals surface area contributed by atoms with Crippen molar-refractivity contribution in [3.8, 4) is 0 Å². The Morgan fingerprint density at radius 2 is 1.88 bits per heavy atom. The predicted octanol–water partition coefficient (Wildman–Crippen LogP) is 6.59. The minimum absolute atomic E-state index is 0.688. The van der Waals surface area contributed by atoms with E-state index in [1.807, 2.05) is 42.6 Å². The summed E-state index contributed by atoms with van der Waals surface area (Å²) in [4.78, 5) is 16.5. The predicted molar refractivity (Wildman–Crippen MR) is 143 cm³/mol. The molecule has 0 aliphatic carbocycles. The van der Waals surface area contributed by atoms with Gasteiger partial charge in [0.2, 0.25) is 5.95 Å². The zero-order valence-corrected chi connectivity index (χ0v) is 19.7. The molecule has 0 unspecified atom stereocenters. The molecule has 0 bridgehead atoms. The van der Waals surface area contributed by atoms with Crippen molar-refractivity contribution in [3.05, 3.63) is 120 Å². The second kappa shape index (κ2) is 10.6. The lowest BCUT2D eigenvalue weighted by Gasteiger charge is -2.10. The van der Waals surface area contributed by atoms with Crippen molar-refractivity contribution in [1.82, 2.24) is 15.0 Å². The van der Waals surface area contributed by atoms with Gasteiger partial charge in [0.25, 0.3) is 0 Å². The second-order valence-electron chi connectivity index (χ2n) is 8.21. The number of aromatic amines is 1. The highest BCUT2D eigenvalue weighted by molar-refractivity contribution is 6.12. The first-order chi connectivity index (χ1) is 16.5. The van der Waals surface area contributed by atoms with Crippen LogP contribution in [0.5, 0.6) is 0 Å². The standard InChI is InChI=1S/C29H29N5/c1-20(17-21(2)28(30-4)25-11-8-16-31-19-25)14-15-23-9-7-10-24(18-23)22(3)32-29-33-26-12-5-6-13-27(26)34-29/h5-13,16-19H,1,3,14-15H2,2,4H3,(H2,32,33,34)/b21-17-,30-28+. The van der Waals surface area contributed by atoms with E-state index in [0.717, 1.165) is 57.6 Å². The quantitative estimate of drug-likeness (QED) is 0.224. The Hall–Kier alpha value is -4.25. The van der Waals surface area contributed by atoms with Crippen molar-refractivity contribution in [1.29, 1.82) is 0 Å². The summed E-state index contributed by atoms with van der Waals surface area (Å²) in [5, 5.41) is 3.29. The van der Waals surface area contributed by atoms with E-state index in [0.29, 0.717) is 5.95 Å². The molecule has 2 heterocycles. The van der Waals surface area contributed by atoms with Crippen LogP contribution in [0.1, 0.15) is 30.0 Å². The lowest BCUT2D eigenvalue weighted by Crippen LogP contribution is -2.03. The molecule has 2 N–H and O–H groups in total. The minimum atomic E-state index is 0.688. The number of aliphatic imine (C=N–C) groups is 1. The van der Waals surface area contributed by atoms with Gasteiger partial charge in [-0.15, -0.1) is 0 Å². The Morgan fingerprint density at radius 1 is 1.06 bits per heavy atom. The van der Waals surface area contributed by atoms with Crippen LogP contribution >= 0.6 is 0 Å². The number of aryl methyl sites for hydroxylation is 1. The van der Waals surface area contributed by atoms with Gasteiger partial charge in [0, 0.05) is 30.7 Å². The van der Waals surface area contributed by atoms with Crippen LogP contribution < -0.4 is 5.32 Å². The topological polar surface area (TPSA) is 66.0 Å². The molecule has 0 atom stereocenters. The third kappa shape index (κ3) is 5.56.